The van der Waals surface area contributed by atoms with Crippen LogP contribution in [0.5, 0.6) is 0 Å². The zero-order valence-electron chi connectivity index (χ0n) is 9.28. The molecule has 3 heterocycles. The minimum Gasteiger partial charge on any atom is -0.375 e. The van der Waals surface area contributed by atoms with E-state index in [1.54, 1.807) is 11.3 Å². The second kappa shape index (κ2) is 4.30. The Morgan fingerprint density at radius 3 is 2.88 bits per heavy atom. The molecule has 4 heteroatoms. The van der Waals surface area contributed by atoms with Crippen molar-refractivity contribution in [2.45, 2.75) is 37.5 Å². The molecule has 1 aromatic rings. The van der Waals surface area contributed by atoms with E-state index in [2.05, 4.69) is 11.4 Å². The van der Waals surface area contributed by atoms with Crippen LogP contribution in [0.2, 0.25) is 4.34 Å². The Morgan fingerprint density at radius 1 is 1.50 bits per heavy atom. The zero-order valence-corrected chi connectivity index (χ0v) is 10.9. The third-order valence-electron chi connectivity index (χ3n) is 3.79. The van der Waals surface area contributed by atoms with Crippen LogP contribution in [-0.2, 0) is 4.74 Å². The average Bonchev–Trinajstić information content (AvgIpc) is 2.96. The summed E-state index contributed by atoms with van der Waals surface area (Å²) < 4.78 is 6.80. The van der Waals surface area contributed by atoms with Gasteiger partial charge in [-0.05, 0) is 38.4 Å². The molecule has 1 N–H and O–H groups in total. The number of thiophene rings is 1. The SMILES string of the molecule is CNC(c1ccc(Cl)s1)C1CC2CCC1O2. The minimum absolute atomic E-state index is 0.410. The van der Waals surface area contributed by atoms with E-state index >= 15 is 0 Å². The molecular formula is C12H16ClNOS. The van der Waals surface area contributed by atoms with Crippen molar-refractivity contribution >= 4 is 22.9 Å². The van der Waals surface area contributed by atoms with Crippen LogP contribution in [0, 0.1) is 5.92 Å². The van der Waals surface area contributed by atoms with E-state index in [-0.39, 0.29) is 0 Å². The van der Waals surface area contributed by atoms with Gasteiger partial charge in [-0.1, -0.05) is 11.6 Å². The largest absolute Gasteiger partial charge is 0.375 e. The van der Waals surface area contributed by atoms with E-state index < -0.39 is 0 Å². The fourth-order valence-corrected chi connectivity index (χ4v) is 4.34. The molecule has 4 atom stereocenters. The van der Waals surface area contributed by atoms with Gasteiger partial charge in [-0.2, -0.15) is 0 Å². The standard InChI is InChI=1S/C12H16ClNOS/c1-14-12(10-4-5-11(13)16-10)8-6-7-2-3-9(8)15-7/h4-5,7-9,12,14H,2-3,6H2,1H3. The summed E-state index contributed by atoms with van der Waals surface area (Å²) in [7, 11) is 2.03. The maximum Gasteiger partial charge on any atom is 0.0931 e. The number of hydrogen-bond donors (Lipinski definition) is 1. The monoisotopic (exact) mass is 257 g/mol. The summed E-state index contributed by atoms with van der Waals surface area (Å²) in [5, 5.41) is 3.43. The molecular weight excluding hydrogens is 242 g/mol. The van der Waals surface area contributed by atoms with E-state index in [4.69, 9.17) is 16.3 Å². The molecule has 0 amide bonds. The van der Waals surface area contributed by atoms with Crippen LogP contribution in [-0.4, -0.2) is 19.3 Å². The molecule has 3 rings (SSSR count). The van der Waals surface area contributed by atoms with Crippen molar-refractivity contribution in [2.75, 3.05) is 7.05 Å². The number of rotatable bonds is 3. The summed E-state index contributed by atoms with van der Waals surface area (Å²) in [6, 6.07) is 4.54. The van der Waals surface area contributed by atoms with Crippen LogP contribution in [0.25, 0.3) is 0 Å². The van der Waals surface area contributed by atoms with Gasteiger partial charge in [-0.25, -0.2) is 0 Å². The number of hydrogen-bond acceptors (Lipinski definition) is 3. The summed E-state index contributed by atoms with van der Waals surface area (Å²) in [5.74, 6) is 0.624. The van der Waals surface area contributed by atoms with Crippen LogP contribution in [0.1, 0.15) is 30.2 Å². The lowest BCUT2D eigenvalue weighted by Crippen LogP contribution is -2.31. The Labute approximate surface area is 105 Å². The van der Waals surface area contributed by atoms with Crippen LogP contribution in [0.3, 0.4) is 0 Å². The Morgan fingerprint density at radius 2 is 2.38 bits per heavy atom. The van der Waals surface area contributed by atoms with Crippen molar-refractivity contribution in [3.63, 3.8) is 0 Å². The summed E-state index contributed by atoms with van der Waals surface area (Å²) in [5.41, 5.74) is 0. The second-order valence-electron chi connectivity index (χ2n) is 4.68. The molecule has 2 aliphatic heterocycles. The predicted molar refractivity (Wildman–Crippen MR) is 67.1 cm³/mol. The van der Waals surface area contributed by atoms with Crippen molar-refractivity contribution in [3.05, 3.63) is 21.3 Å². The van der Waals surface area contributed by atoms with Gasteiger partial charge in [0.25, 0.3) is 0 Å². The number of halogens is 1. The Hall–Kier alpha value is -0.0900. The topological polar surface area (TPSA) is 21.3 Å². The Balaban J connectivity index is 1.81. The maximum atomic E-state index is 6.01. The van der Waals surface area contributed by atoms with Gasteiger partial charge < -0.3 is 10.1 Å². The first-order chi connectivity index (χ1) is 7.78. The molecule has 0 saturated carbocycles. The van der Waals surface area contributed by atoms with Gasteiger partial charge in [0, 0.05) is 16.8 Å². The first-order valence-electron chi connectivity index (χ1n) is 5.86. The molecule has 2 saturated heterocycles. The molecule has 4 unspecified atom stereocenters. The molecule has 0 spiro atoms. The summed E-state index contributed by atoms with van der Waals surface area (Å²) in [6.45, 7) is 0. The van der Waals surface area contributed by atoms with Gasteiger partial charge in [-0.15, -0.1) is 11.3 Å². The highest BCUT2D eigenvalue weighted by atomic mass is 35.5. The number of fused-ring (bicyclic) bond motifs is 2. The lowest BCUT2D eigenvalue weighted by molar-refractivity contribution is 0.0865. The molecule has 0 aromatic carbocycles. The fourth-order valence-electron chi connectivity index (χ4n) is 3.09. The zero-order chi connectivity index (χ0) is 11.1. The van der Waals surface area contributed by atoms with Crippen molar-refractivity contribution in [1.82, 2.24) is 5.32 Å². The van der Waals surface area contributed by atoms with Crippen LogP contribution >= 0.6 is 22.9 Å². The third-order valence-corrected chi connectivity index (χ3v) is 5.11. The van der Waals surface area contributed by atoms with Crippen LogP contribution in [0.15, 0.2) is 12.1 Å². The summed E-state index contributed by atoms with van der Waals surface area (Å²) in [6.07, 6.45) is 4.66. The van der Waals surface area contributed by atoms with Gasteiger partial charge in [0.1, 0.15) is 0 Å². The van der Waals surface area contributed by atoms with Gasteiger partial charge in [0.05, 0.1) is 16.5 Å². The minimum atomic E-state index is 0.410. The van der Waals surface area contributed by atoms with Crippen molar-refractivity contribution in [3.8, 4) is 0 Å². The smallest absolute Gasteiger partial charge is 0.0931 e. The van der Waals surface area contributed by atoms with Crippen LogP contribution in [0.4, 0.5) is 0 Å². The van der Waals surface area contributed by atoms with Gasteiger partial charge in [0.15, 0.2) is 0 Å². The maximum absolute atomic E-state index is 6.01. The fraction of sp³-hybridized carbons (Fsp3) is 0.667. The predicted octanol–water partition coefficient (Wildman–Crippen LogP) is 3.23. The second-order valence-corrected chi connectivity index (χ2v) is 6.43. The molecule has 2 fully saturated rings. The molecule has 0 radical (unpaired) electrons. The third kappa shape index (κ3) is 1.80. The quantitative estimate of drug-likeness (QED) is 0.898. The Kier molecular flexibility index (Phi) is 2.96. The highest BCUT2D eigenvalue weighted by Gasteiger charge is 2.44. The molecule has 16 heavy (non-hydrogen) atoms. The molecule has 1 aromatic heterocycles. The summed E-state index contributed by atoms with van der Waals surface area (Å²) in [4.78, 5) is 1.34. The summed E-state index contributed by atoms with van der Waals surface area (Å²) >= 11 is 7.69. The highest BCUT2D eigenvalue weighted by molar-refractivity contribution is 7.16. The highest BCUT2D eigenvalue weighted by Crippen LogP contribution is 2.45. The van der Waals surface area contributed by atoms with E-state index in [1.165, 1.54) is 24.1 Å². The van der Waals surface area contributed by atoms with E-state index in [0.29, 0.717) is 24.2 Å². The van der Waals surface area contributed by atoms with Gasteiger partial charge >= 0.3 is 0 Å². The number of ether oxygens (including phenoxy) is 1. The molecule has 2 bridgehead atoms. The van der Waals surface area contributed by atoms with E-state index in [1.807, 2.05) is 13.1 Å². The van der Waals surface area contributed by atoms with Gasteiger partial charge in [-0.3, -0.25) is 0 Å². The van der Waals surface area contributed by atoms with Crippen molar-refractivity contribution in [1.29, 1.82) is 0 Å². The lowest BCUT2D eigenvalue weighted by atomic mass is 9.83. The van der Waals surface area contributed by atoms with Crippen LogP contribution < -0.4 is 5.32 Å². The Bertz CT molecular complexity index is 381. The number of nitrogens with one attached hydrogen (secondary N) is 1. The first kappa shape index (κ1) is 11.0. The van der Waals surface area contributed by atoms with Gasteiger partial charge in [0.2, 0.25) is 0 Å². The normalized spacial score (nSPS) is 34.5. The molecule has 88 valence electrons. The lowest BCUT2D eigenvalue weighted by Gasteiger charge is -2.27. The van der Waals surface area contributed by atoms with E-state index in [0.717, 1.165) is 4.34 Å². The van der Waals surface area contributed by atoms with Crippen molar-refractivity contribution in [2.24, 2.45) is 5.92 Å². The van der Waals surface area contributed by atoms with E-state index in [9.17, 15) is 0 Å². The van der Waals surface area contributed by atoms with Crippen molar-refractivity contribution < 1.29 is 4.74 Å². The molecule has 2 nitrogen and oxygen atoms in total. The molecule has 2 aliphatic rings. The average molecular weight is 258 g/mol. The molecule has 0 aliphatic carbocycles. The first-order valence-corrected chi connectivity index (χ1v) is 7.05.